The number of rotatable bonds is 12. The number of aromatic nitrogens is 1. The molecule has 252 valence electrons. The molecule has 0 aliphatic carbocycles. The zero-order valence-corrected chi connectivity index (χ0v) is 27.2. The molecule has 0 aliphatic rings. The van der Waals surface area contributed by atoms with Gasteiger partial charge in [-0.25, -0.2) is 24.8 Å². The van der Waals surface area contributed by atoms with E-state index < -0.39 is 76.9 Å². The van der Waals surface area contributed by atoms with Crippen LogP contribution >= 0.6 is 0 Å². The van der Waals surface area contributed by atoms with Crippen molar-refractivity contribution in [1.29, 1.82) is 0 Å². The molecule has 0 aromatic carbocycles. The van der Waals surface area contributed by atoms with Gasteiger partial charge in [-0.1, -0.05) is 20.8 Å². The number of amides is 3. The number of carboxylic acids is 1. The number of anilines is 1. The van der Waals surface area contributed by atoms with Gasteiger partial charge in [0.1, 0.15) is 23.1 Å². The molecule has 0 aliphatic heterocycles. The number of hydrogen-bond donors (Lipinski definition) is 6. The number of esters is 1. The second kappa shape index (κ2) is 16.0. The number of hydrazine groups is 1. The summed E-state index contributed by atoms with van der Waals surface area (Å²) in [4.78, 5) is 82.6. The Bertz CT molecular complexity index is 1220. The van der Waals surface area contributed by atoms with Crippen LogP contribution < -0.4 is 27.4 Å². The lowest BCUT2D eigenvalue weighted by Crippen LogP contribution is -2.51. The minimum absolute atomic E-state index is 0.0217. The average Bonchev–Trinajstić information content (AvgIpc) is 2.88. The number of carboxylic acid groups (broad SMARTS) is 1. The van der Waals surface area contributed by atoms with E-state index in [1.165, 1.54) is 12.1 Å². The van der Waals surface area contributed by atoms with E-state index >= 15 is 0 Å². The highest BCUT2D eigenvalue weighted by Gasteiger charge is 2.36. The predicted molar refractivity (Wildman–Crippen MR) is 161 cm³/mol. The largest absolute Gasteiger partial charge is 0.481 e. The summed E-state index contributed by atoms with van der Waals surface area (Å²) < 4.78 is 10.4. The Kier molecular flexibility index (Phi) is 13.7. The van der Waals surface area contributed by atoms with Gasteiger partial charge in [-0.15, -0.1) is 0 Å². The molecule has 1 heterocycles. The van der Waals surface area contributed by atoms with Gasteiger partial charge in [0.25, 0.3) is 5.91 Å². The van der Waals surface area contributed by atoms with Crippen molar-refractivity contribution in [3.05, 3.63) is 23.9 Å². The smallest absolute Gasteiger partial charge is 0.426 e. The SMILES string of the molecule is CC(C)(C)OC(=O)NNc1ccc(C(=O)NOC(=O)CC[C@H](NC(=O)[C@@H](N)CC(C(=O)O)C(C)(C)C)C(=O)OC(C)(C)C)cn1. The summed E-state index contributed by atoms with van der Waals surface area (Å²) in [6, 6.07) is 0.154. The van der Waals surface area contributed by atoms with Crippen molar-refractivity contribution in [3.8, 4) is 0 Å². The normalized spacial score (nSPS) is 13.7. The number of carbonyl (C=O) groups is 6. The van der Waals surface area contributed by atoms with Gasteiger partial charge < -0.3 is 30.5 Å². The Hall–Kier alpha value is -4.47. The monoisotopic (exact) mass is 638 g/mol. The summed E-state index contributed by atoms with van der Waals surface area (Å²) in [5.41, 5.74) is 10.5. The fraction of sp³-hybridized carbons (Fsp3) is 0.621. The predicted octanol–water partition coefficient (Wildman–Crippen LogP) is 2.19. The van der Waals surface area contributed by atoms with Gasteiger partial charge >= 0.3 is 24.0 Å². The fourth-order valence-corrected chi connectivity index (χ4v) is 3.58. The molecule has 0 spiro atoms. The van der Waals surface area contributed by atoms with Crippen LogP contribution in [0.2, 0.25) is 0 Å². The highest BCUT2D eigenvalue weighted by molar-refractivity contribution is 5.94. The van der Waals surface area contributed by atoms with E-state index in [1.807, 2.05) is 5.48 Å². The maximum Gasteiger partial charge on any atom is 0.426 e. The second-order valence-corrected chi connectivity index (χ2v) is 13.3. The minimum Gasteiger partial charge on any atom is -0.481 e. The number of hydroxylamine groups is 1. The van der Waals surface area contributed by atoms with Crippen molar-refractivity contribution in [2.75, 3.05) is 5.43 Å². The van der Waals surface area contributed by atoms with Gasteiger partial charge in [0, 0.05) is 6.20 Å². The van der Waals surface area contributed by atoms with E-state index in [4.69, 9.17) is 20.0 Å². The lowest BCUT2D eigenvalue weighted by Gasteiger charge is -2.29. The molecule has 0 saturated carbocycles. The van der Waals surface area contributed by atoms with Gasteiger partial charge in [0.2, 0.25) is 5.91 Å². The molecule has 1 aromatic heterocycles. The van der Waals surface area contributed by atoms with Crippen molar-refractivity contribution in [3.63, 3.8) is 0 Å². The van der Waals surface area contributed by atoms with E-state index in [9.17, 15) is 33.9 Å². The Morgan fingerprint density at radius 1 is 0.933 bits per heavy atom. The van der Waals surface area contributed by atoms with Gasteiger partial charge in [-0.3, -0.25) is 19.8 Å². The molecule has 3 amide bonds. The second-order valence-electron chi connectivity index (χ2n) is 13.3. The summed E-state index contributed by atoms with van der Waals surface area (Å²) in [6.07, 6.45) is -0.450. The van der Waals surface area contributed by atoms with E-state index in [0.29, 0.717) is 0 Å². The van der Waals surface area contributed by atoms with E-state index in [2.05, 4.69) is 21.2 Å². The van der Waals surface area contributed by atoms with Crippen molar-refractivity contribution >= 4 is 41.6 Å². The molecule has 3 atom stereocenters. The van der Waals surface area contributed by atoms with E-state index in [1.54, 1.807) is 62.3 Å². The maximum absolute atomic E-state index is 12.8. The molecule has 0 radical (unpaired) electrons. The molecule has 0 fully saturated rings. The van der Waals surface area contributed by atoms with Crippen LogP contribution in [0.15, 0.2) is 18.3 Å². The lowest BCUT2D eigenvalue weighted by molar-refractivity contribution is -0.159. The summed E-state index contributed by atoms with van der Waals surface area (Å²) in [6.45, 7) is 15.1. The molecule has 0 saturated heterocycles. The van der Waals surface area contributed by atoms with Crippen LogP contribution in [0.25, 0.3) is 0 Å². The first-order valence-corrected chi connectivity index (χ1v) is 14.2. The molecule has 16 nitrogen and oxygen atoms in total. The van der Waals surface area contributed by atoms with Crippen molar-refractivity contribution in [2.24, 2.45) is 17.1 Å². The first kappa shape index (κ1) is 38.6. The Morgan fingerprint density at radius 3 is 2.02 bits per heavy atom. The number of hydrogen-bond acceptors (Lipinski definition) is 12. The van der Waals surface area contributed by atoms with Crippen LogP contribution in [0.3, 0.4) is 0 Å². The number of nitrogens with two attached hydrogens (primary N) is 1. The summed E-state index contributed by atoms with van der Waals surface area (Å²) >= 11 is 0. The Labute approximate surface area is 262 Å². The van der Waals surface area contributed by atoms with Gasteiger partial charge in [0.15, 0.2) is 0 Å². The van der Waals surface area contributed by atoms with Crippen LogP contribution in [-0.4, -0.2) is 69.2 Å². The molecular formula is C29H46N6O10. The third-order valence-electron chi connectivity index (χ3n) is 5.79. The fourth-order valence-electron chi connectivity index (χ4n) is 3.58. The number of pyridine rings is 1. The van der Waals surface area contributed by atoms with Gasteiger partial charge in [0.05, 0.1) is 23.9 Å². The van der Waals surface area contributed by atoms with Gasteiger partial charge in [-0.2, -0.15) is 5.48 Å². The highest BCUT2D eigenvalue weighted by Crippen LogP contribution is 2.29. The summed E-state index contributed by atoms with van der Waals surface area (Å²) in [5, 5.41) is 12.0. The van der Waals surface area contributed by atoms with Crippen molar-refractivity contribution < 1.29 is 48.2 Å². The van der Waals surface area contributed by atoms with Crippen molar-refractivity contribution in [1.82, 2.24) is 21.2 Å². The molecule has 7 N–H and O–H groups in total. The quantitative estimate of drug-likeness (QED) is 0.109. The standard InChI is InChI=1S/C29H46N6O10/c1-27(2,3)17(24(39)40)14-18(30)23(38)32-19(25(41)43-28(4,5)6)11-13-21(36)45-35-22(37)16-10-12-20(31-15-16)33-34-26(42)44-29(7,8)9/h10,12,15,17-19H,11,13-14,30H2,1-9H3,(H,31,33)(H,32,38)(H,34,42)(H,35,37)(H,39,40)/t17?,18-,19-/m0/s1. The lowest BCUT2D eigenvalue weighted by atomic mass is 9.77. The number of nitrogens with one attached hydrogen (secondary N) is 4. The molecule has 1 unspecified atom stereocenters. The maximum atomic E-state index is 12.8. The van der Waals surface area contributed by atoms with Gasteiger partial charge in [-0.05, 0) is 71.9 Å². The van der Waals surface area contributed by atoms with E-state index in [-0.39, 0.29) is 24.2 Å². The molecular weight excluding hydrogens is 592 g/mol. The number of carbonyl (C=O) groups excluding carboxylic acids is 5. The van der Waals surface area contributed by atoms with Crippen LogP contribution in [0.5, 0.6) is 0 Å². The third-order valence-corrected chi connectivity index (χ3v) is 5.79. The van der Waals surface area contributed by atoms with Crippen LogP contribution in [0.4, 0.5) is 10.6 Å². The van der Waals surface area contributed by atoms with E-state index in [0.717, 1.165) is 6.20 Å². The summed E-state index contributed by atoms with van der Waals surface area (Å²) in [7, 11) is 0. The van der Waals surface area contributed by atoms with Crippen LogP contribution in [0.1, 0.15) is 91.9 Å². The van der Waals surface area contributed by atoms with Crippen molar-refractivity contribution in [2.45, 2.75) is 105 Å². The zero-order valence-electron chi connectivity index (χ0n) is 27.2. The number of nitrogens with zero attached hydrogens (tertiary/aromatic N) is 1. The first-order valence-electron chi connectivity index (χ1n) is 14.2. The Balaban J connectivity index is 2.75. The Morgan fingerprint density at radius 2 is 1.53 bits per heavy atom. The zero-order chi connectivity index (χ0) is 34.8. The average molecular weight is 639 g/mol. The third kappa shape index (κ3) is 15.2. The first-order chi connectivity index (χ1) is 20.5. The van der Waals surface area contributed by atoms with Crippen LogP contribution in [0, 0.1) is 11.3 Å². The summed E-state index contributed by atoms with van der Waals surface area (Å²) in [5.74, 6) is -5.23. The minimum atomic E-state index is -1.32. The number of aliphatic carboxylic acids is 1. The van der Waals surface area contributed by atoms with Crippen LogP contribution in [-0.2, 0) is 33.5 Å². The molecule has 45 heavy (non-hydrogen) atoms. The molecule has 1 rings (SSSR count). The number of ether oxygens (including phenoxy) is 2. The molecule has 0 bridgehead atoms. The molecule has 1 aromatic rings. The topological polar surface area (TPSA) is 237 Å². The highest BCUT2D eigenvalue weighted by atomic mass is 16.7. The molecule has 16 heteroatoms.